The fraction of sp³-hybridized carbons (Fsp3) is 0.371. The van der Waals surface area contributed by atoms with Gasteiger partial charge in [0.2, 0.25) is 17.6 Å². The molecular formula is C35H41ClN10O4. The number of carbonyl (C=O) groups is 4. The molecule has 6 rings (SSSR count). The highest BCUT2D eigenvalue weighted by molar-refractivity contribution is 6.17. The van der Waals surface area contributed by atoms with Crippen molar-refractivity contribution < 1.29 is 19.2 Å². The first-order valence-electron chi connectivity index (χ1n) is 16.5. The van der Waals surface area contributed by atoms with Crippen molar-refractivity contribution >= 4 is 41.7 Å². The third-order valence-corrected chi connectivity index (χ3v) is 9.41. The molecule has 7 N–H and O–H groups in total. The third kappa shape index (κ3) is 8.04. The Bertz CT molecular complexity index is 1810. The second-order valence-corrected chi connectivity index (χ2v) is 12.7. The molecule has 4 amide bonds. The van der Waals surface area contributed by atoms with E-state index in [0.29, 0.717) is 61.0 Å². The number of pyridine rings is 1. The number of tetrazole rings is 1. The largest absolute Gasteiger partial charge is 0.354 e. The molecule has 262 valence electrons. The van der Waals surface area contributed by atoms with Crippen LogP contribution in [0.5, 0.6) is 0 Å². The Hall–Kier alpha value is -5.05. The zero-order valence-corrected chi connectivity index (χ0v) is 28.5. The average molecular weight is 701 g/mol. The topological polar surface area (TPSA) is 215 Å². The quantitative estimate of drug-likeness (QED) is 0.163. The number of halogens is 1. The number of amides is 4. The molecule has 14 nitrogen and oxygen atoms in total. The number of hydrogen-bond acceptors (Lipinski definition) is 10. The summed E-state index contributed by atoms with van der Waals surface area (Å²) in [6.45, 7) is 2.94. The van der Waals surface area contributed by atoms with Gasteiger partial charge in [-0.15, -0.1) is 22.6 Å². The fourth-order valence-corrected chi connectivity index (χ4v) is 6.52. The van der Waals surface area contributed by atoms with Gasteiger partial charge in [-0.2, -0.15) is 5.21 Å². The summed E-state index contributed by atoms with van der Waals surface area (Å²) in [6.07, 6.45) is 3.78. The maximum Gasteiger partial charge on any atom is 0.270 e. The molecule has 2 atom stereocenters. The van der Waals surface area contributed by atoms with Gasteiger partial charge >= 0.3 is 0 Å². The normalized spacial score (nSPS) is 19.2. The first-order valence-corrected chi connectivity index (χ1v) is 16.5. The van der Waals surface area contributed by atoms with Gasteiger partial charge < -0.3 is 22.1 Å². The van der Waals surface area contributed by atoms with Crippen LogP contribution in [0.15, 0.2) is 60.7 Å². The summed E-state index contributed by atoms with van der Waals surface area (Å²) in [7, 11) is 0. The number of rotatable bonds is 10. The molecule has 2 aromatic heterocycles. The minimum atomic E-state index is -0.977. The minimum Gasteiger partial charge on any atom is -0.354 e. The number of benzene rings is 2. The highest BCUT2D eigenvalue weighted by Gasteiger charge is 2.35. The Morgan fingerprint density at radius 3 is 2.26 bits per heavy atom. The molecule has 50 heavy (non-hydrogen) atoms. The van der Waals surface area contributed by atoms with Crippen molar-refractivity contribution in [3.8, 4) is 22.5 Å². The molecule has 1 saturated heterocycles. The lowest BCUT2D eigenvalue weighted by Crippen LogP contribution is -2.50. The Morgan fingerprint density at radius 1 is 0.960 bits per heavy atom. The van der Waals surface area contributed by atoms with E-state index < -0.39 is 23.9 Å². The molecule has 2 aromatic carbocycles. The number of aromatic amines is 1. The maximum atomic E-state index is 14.0. The van der Waals surface area contributed by atoms with Gasteiger partial charge in [0.25, 0.3) is 11.8 Å². The monoisotopic (exact) mass is 700 g/mol. The van der Waals surface area contributed by atoms with E-state index in [1.54, 1.807) is 30.3 Å². The lowest BCUT2D eigenvalue weighted by Gasteiger charge is -2.32. The second-order valence-electron chi connectivity index (χ2n) is 12.7. The highest BCUT2D eigenvalue weighted by atomic mass is 35.5. The number of aromatic nitrogens is 5. The number of imide groups is 1. The molecule has 1 aliphatic heterocycles. The van der Waals surface area contributed by atoms with E-state index in [4.69, 9.17) is 11.5 Å². The summed E-state index contributed by atoms with van der Waals surface area (Å²) in [6, 6.07) is 16.4. The van der Waals surface area contributed by atoms with E-state index in [1.165, 1.54) is 4.90 Å². The number of nitrogens with zero attached hydrogens (tertiary/aromatic N) is 5. The van der Waals surface area contributed by atoms with Crippen molar-refractivity contribution in [2.75, 3.05) is 18.0 Å². The smallest absolute Gasteiger partial charge is 0.270 e. The number of carbonyl (C=O) groups excluding carboxylic acids is 4. The number of anilines is 1. The van der Waals surface area contributed by atoms with Gasteiger partial charge in [0.15, 0.2) is 0 Å². The van der Waals surface area contributed by atoms with Gasteiger partial charge in [-0.1, -0.05) is 30.3 Å². The number of hydrogen-bond donors (Lipinski definition) is 5. The summed E-state index contributed by atoms with van der Waals surface area (Å²) in [5.74, 6) is -0.843. The van der Waals surface area contributed by atoms with Crippen LogP contribution in [0, 0.1) is 18.8 Å². The number of nitrogens with two attached hydrogens (primary N) is 2. The van der Waals surface area contributed by atoms with Gasteiger partial charge in [0.1, 0.15) is 11.7 Å². The zero-order chi connectivity index (χ0) is 34.5. The summed E-state index contributed by atoms with van der Waals surface area (Å²) >= 11 is 0. The first kappa shape index (κ1) is 36.2. The maximum absolute atomic E-state index is 14.0. The van der Waals surface area contributed by atoms with E-state index in [1.807, 2.05) is 37.3 Å². The Labute approximate surface area is 295 Å². The van der Waals surface area contributed by atoms with E-state index in [2.05, 4.69) is 36.2 Å². The molecule has 0 spiro atoms. The van der Waals surface area contributed by atoms with Crippen LogP contribution in [0.25, 0.3) is 22.5 Å². The van der Waals surface area contributed by atoms with E-state index in [9.17, 15) is 19.2 Å². The van der Waals surface area contributed by atoms with Gasteiger partial charge in [-0.25, -0.2) is 9.88 Å². The van der Waals surface area contributed by atoms with Gasteiger partial charge in [0, 0.05) is 29.3 Å². The SMILES string of the molecule is Cc1nc(C(=O)N[C@@H]2CCNC2=O)ccc1-c1ccc(C[C@H](N)C(=O)N(C(=O)C2CCC(CN)CC2)c2ccc(-c3nn[nH]n3)cc2)cc1.Cl. The van der Waals surface area contributed by atoms with E-state index >= 15 is 0 Å². The van der Waals surface area contributed by atoms with Crippen molar-refractivity contribution in [1.82, 2.24) is 36.2 Å². The second kappa shape index (κ2) is 16.1. The fourth-order valence-electron chi connectivity index (χ4n) is 6.52. The van der Waals surface area contributed by atoms with Crippen LogP contribution in [-0.2, 0) is 20.8 Å². The van der Waals surface area contributed by atoms with E-state index in [-0.39, 0.29) is 42.3 Å². The van der Waals surface area contributed by atoms with Crippen LogP contribution in [0.1, 0.15) is 53.8 Å². The summed E-state index contributed by atoms with van der Waals surface area (Å²) in [4.78, 5) is 58.1. The summed E-state index contributed by atoms with van der Waals surface area (Å²) < 4.78 is 0. The van der Waals surface area contributed by atoms with Gasteiger partial charge in [-0.05, 0) is 105 Å². The predicted octanol–water partition coefficient (Wildman–Crippen LogP) is 2.47. The standard InChI is InChI=1S/C35H40N10O4.ClH/c1-20-27(14-15-29(39-20)33(47)40-30-16-17-38-32(30)46)23-6-2-21(3-7-23)18-28(37)35(49)45(34(48)25-8-4-22(19-36)5-9-25)26-12-10-24(11-13-26)31-41-43-44-42-31;/h2-3,6-7,10-15,22,25,28,30H,4-5,8-9,16-19,36-37H2,1H3,(H,38,46)(H,40,47)(H,41,42,43,44);1H/t22?,25?,28-,30+;/m0./s1. The van der Waals surface area contributed by atoms with Crippen molar-refractivity contribution in [2.45, 2.75) is 57.5 Å². The van der Waals surface area contributed by atoms with Crippen molar-refractivity contribution in [3.05, 3.63) is 77.6 Å². The first-order chi connectivity index (χ1) is 23.7. The molecule has 15 heteroatoms. The van der Waals surface area contributed by atoms with E-state index in [0.717, 1.165) is 29.5 Å². The number of H-pyrrole nitrogens is 1. The van der Waals surface area contributed by atoms with Crippen LogP contribution in [0.2, 0.25) is 0 Å². The number of aryl methyl sites for hydroxylation is 1. The van der Waals surface area contributed by atoms with Crippen molar-refractivity contribution in [2.24, 2.45) is 23.3 Å². The van der Waals surface area contributed by atoms with Gasteiger partial charge in [0.05, 0.1) is 11.7 Å². The molecule has 0 bridgehead atoms. The molecule has 4 aromatic rings. The molecule has 0 radical (unpaired) electrons. The molecule has 2 fully saturated rings. The Kier molecular flexibility index (Phi) is 11.7. The molecule has 1 saturated carbocycles. The Balaban J connectivity index is 0.00000486. The van der Waals surface area contributed by atoms with Crippen molar-refractivity contribution in [1.29, 1.82) is 0 Å². The minimum absolute atomic E-state index is 0. The predicted molar refractivity (Wildman–Crippen MR) is 189 cm³/mol. The number of nitrogens with one attached hydrogen (secondary N) is 3. The molecule has 3 heterocycles. The molecule has 1 aliphatic carbocycles. The Morgan fingerprint density at radius 2 is 1.66 bits per heavy atom. The molecule has 2 aliphatic rings. The van der Waals surface area contributed by atoms with Crippen LogP contribution < -0.4 is 27.0 Å². The molecular weight excluding hydrogens is 660 g/mol. The lowest BCUT2D eigenvalue weighted by atomic mass is 9.81. The molecule has 0 unspecified atom stereocenters. The van der Waals surface area contributed by atoms with Crippen molar-refractivity contribution in [3.63, 3.8) is 0 Å². The van der Waals surface area contributed by atoms with Crippen LogP contribution >= 0.6 is 12.4 Å². The summed E-state index contributed by atoms with van der Waals surface area (Å²) in [5, 5.41) is 19.4. The van der Waals surface area contributed by atoms with Crippen LogP contribution in [0.3, 0.4) is 0 Å². The lowest BCUT2D eigenvalue weighted by molar-refractivity contribution is -0.130. The zero-order valence-electron chi connectivity index (χ0n) is 27.7. The van der Waals surface area contributed by atoms with Crippen LogP contribution in [-0.4, -0.2) is 74.4 Å². The third-order valence-electron chi connectivity index (χ3n) is 9.41. The summed E-state index contributed by atoms with van der Waals surface area (Å²) in [5.41, 5.74) is 16.9. The van der Waals surface area contributed by atoms with Gasteiger partial charge in [-0.3, -0.25) is 19.2 Å². The average Bonchev–Trinajstić information content (AvgIpc) is 3.81. The van der Waals surface area contributed by atoms with Crippen LogP contribution in [0.4, 0.5) is 5.69 Å². The highest BCUT2D eigenvalue weighted by Crippen LogP contribution is 2.32.